The smallest absolute Gasteiger partial charge is 0.407 e. The van der Waals surface area contributed by atoms with Gasteiger partial charge in [0, 0.05) is 31.3 Å². The monoisotopic (exact) mass is 345 g/mol. The van der Waals surface area contributed by atoms with Crippen LogP contribution in [-0.4, -0.2) is 42.8 Å². The first-order valence-corrected chi connectivity index (χ1v) is 8.35. The zero-order valence-electron chi connectivity index (χ0n) is 15.3. The lowest BCUT2D eigenvalue weighted by molar-refractivity contribution is 0.0529. The molecule has 7 heteroatoms. The first-order chi connectivity index (χ1) is 11.9. The van der Waals surface area contributed by atoms with E-state index in [4.69, 9.17) is 4.74 Å². The lowest BCUT2D eigenvalue weighted by Gasteiger charge is -2.19. The van der Waals surface area contributed by atoms with Crippen molar-refractivity contribution in [2.24, 2.45) is 4.99 Å². The van der Waals surface area contributed by atoms with Crippen LogP contribution in [-0.2, 0) is 11.3 Å². The predicted molar refractivity (Wildman–Crippen MR) is 101 cm³/mol. The van der Waals surface area contributed by atoms with Gasteiger partial charge < -0.3 is 25.7 Å². The maximum absolute atomic E-state index is 11.6. The maximum Gasteiger partial charge on any atom is 0.407 e. The fraction of sp³-hybridized carbons (Fsp3) is 0.444. The number of hydrogen-bond acceptors (Lipinski definition) is 3. The van der Waals surface area contributed by atoms with Gasteiger partial charge in [-0.3, -0.25) is 4.99 Å². The number of amides is 1. The van der Waals surface area contributed by atoms with Crippen molar-refractivity contribution in [3.8, 4) is 0 Å². The normalized spacial score (nSPS) is 12.1. The summed E-state index contributed by atoms with van der Waals surface area (Å²) in [6.45, 7) is 7.13. The first-order valence-electron chi connectivity index (χ1n) is 8.35. The molecule has 0 atom stereocenters. The summed E-state index contributed by atoms with van der Waals surface area (Å²) in [6, 6.07) is 10.3. The third-order valence-corrected chi connectivity index (χ3v) is 3.34. The minimum absolute atomic E-state index is 0.421. The van der Waals surface area contributed by atoms with E-state index in [1.54, 1.807) is 7.05 Å². The van der Waals surface area contributed by atoms with Gasteiger partial charge in [-0.2, -0.15) is 0 Å². The molecule has 0 unspecified atom stereocenters. The van der Waals surface area contributed by atoms with Crippen molar-refractivity contribution in [2.75, 3.05) is 20.1 Å². The lowest BCUT2D eigenvalue weighted by atomic mass is 10.2. The second kappa shape index (κ2) is 8.41. The Balaban J connectivity index is 1.71. The minimum Gasteiger partial charge on any atom is -0.444 e. The molecule has 136 valence electrons. The van der Waals surface area contributed by atoms with Crippen molar-refractivity contribution < 1.29 is 9.53 Å². The van der Waals surface area contributed by atoms with E-state index in [9.17, 15) is 4.79 Å². The molecule has 0 fully saturated rings. The number of benzene rings is 1. The van der Waals surface area contributed by atoms with Crippen LogP contribution in [0.2, 0.25) is 0 Å². The lowest BCUT2D eigenvalue weighted by Crippen LogP contribution is -2.42. The van der Waals surface area contributed by atoms with E-state index in [1.165, 1.54) is 5.39 Å². The van der Waals surface area contributed by atoms with Crippen molar-refractivity contribution in [1.82, 2.24) is 20.9 Å². The molecular weight excluding hydrogens is 318 g/mol. The van der Waals surface area contributed by atoms with E-state index >= 15 is 0 Å². The number of carbonyl (C=O) groups is 1. The summed E-state index contributed by atoms with van der Waals surface area (Å²) < 4.78 is 5.18. The van der Waals surface area contributed by atoms with Gasteiger partial charge in [-0.1, -0.05) is 18.2 Å². The van der Waals surface area contributed by atoms with Gasteiger partial charge in [0.1, 0.15) is 5.60 Å². The largest absolute Gasteiger partial charge is 0.444 e. The summed E-state index contributed by atoms with van der Waals surface area (Å²) >= 11 is 0. The number of para-hydroxylation sites is 1. The number of aliphatic imine (C=N–C) groups is 1. The van der Waals surface area contributed by atoms with Crippen molar-refractivity contribution in [3.05, 3.63) is 36.0 Å². The highest BCUT2D eigenvalue weighted by atomic mass is 16.6. The molecule has 0 bridgehead atoms. The molecule has 0 aliphatic rings. The average Bonchev–Trinajstić information content (AvgIpc) is 2.95. The fourth-order valence-corrected chi connectivity index (χ4v) is 2.29. The summed E-state index contributed by atoms with van der Waals surface area (Å²) in [5, 5.41) is 10.3. The Morgan fingerprint density at radius 1 is 1.16 bits per heavy atom. The van der Waals surface area contributed by atoms with Crippen molar-refractivity contribution >= 4 is 23.0 Å². The highest BCUT2D eigenvalue weighted by molar-refractivity contribution is 5.81. The molecule has 0 aliphatic heterocycles. The third kappa shape index (κ3) is 6.37. The molecule has 2 rings (SSSR count). The van der Waals surface area contributed by atoms with Gasteiger partial charge in [0.05, 0.1) is 6.54 Å². The van der Waals surface area contributed by atoms with Crippen LogP contribution in [0.5, 0.6) is 0 Å². The second-order valence-electron chi connectivity index (χ2n) is 6.66. The number of hydrogen-bond donors (Lipinski definition) is 4. The zero-order valence-corrected chi connectivity index (χ0v) is 15.3. The predicted octanol–water partition coefficient (Wildman–Crippen LogP) is 2.36. The Morgan fingerprint density at radius 3 is 2.56 bits per heavy atom. The van der Waals surface area contributed by atoms with Crippen LogP contribution in [0, 0.1) is 0 Å². The molecule has 0 saturated carbocycles. The molecule has 1 aromatic heterocycles. The van der Waals surface area contributed by atoms with Crippen LogP contribution in [0.25, 0.3) is 10.9 Å². The van der Waals surface area contributed by atoms with Gasteiger partial charge in [0.2, 0.25) is 0 Å². The molecule has 1 amide bonds. The van der Waals surface area contributed by atoms with Crippen LogP contribution < -0.4 is 16.0 Å². The molecule has 4 N–H and O–H groups in total. The number of nitrogens with zero attached hydrogens (tertiary/aromatic N) is 1. The van der Waals surface area contributed by atoms with Gasteiger partial charge in [0.15, 0.2) is 5.96 Å². The molecule has 25 heavy (non-hydrogen) atoms. The number of carbonyl (C=O) groups excluding carboxylic acids is 1. The van der Waals surface area contributed by atoms with Crippen molar-refractivity contribution in [2.45, 2.75) is 32.9 Å². The minimum atomic E-state index is -0.491. The highest BCUT2D eigenvalue weighted by Crippen LogP contribution is 2.14. The average molecular weight is 345 g/mol. The van der Waals surface area contributed by atoms with Crippen LogP contribution >= 0.6 is 0 Å². The summed E-state index contributed by atoms with van der Waals surface area (Å²) in [4.78, 5) is 19.1. The van der Waals surface area contributed by atoms with Gasteiger partial charge >= 0.3 is 6.09 Å². The second-order valence-corrected chi connectivity index (χ2v) is 6.66. The van der Waals surface area contributed by atoms with E-state index in [2.05, 4.69) is 38.1 Å². The summed E-state index contributed by atoms with van der Waals surface area (Å²) in [6.07, 6.45) is -0.421. The van der Waals surface area contributed by atoms with Gasteiger partial charge in [-0.25, -0.2) is 4.79 Å². The topological polar surface area (TPSA) is 90.5 Å². The fourth-order valence-electron chi connectivity index (χ4n) is 2.29. The Labute approximate surface area is 148 Å². The number of H-pyrrole nitrogens is 1. The number of alkyl carbamates (subject to hydrolysis) is 1. The standard InChI is InChI=1S/C18H27N5O2/c1-18(2,3)25-17(24)21-10-9-20-16(19-4)22-12-14-11-13-7-5-6-8-15(13)23-14/h5-8,11,23H,9-10,12H2,1-4H3,(H,21,24)(H2,19,20,22). The van der Waals surface area contributed by atoms with Gasteiger partial charge in [-0.15, -0.1) is 0 Å². The number of aromatic nitrogens is 1. The van der Waals surface area contributed by atoms with Crippen molar-refractivity contribution in [3.63, 3.8) is 0 Å². The molecule has 7 nitrogen and oxygen atoms in total. The van der Waals surface area contributed by atoms with Crippen LogP contribution in [0.1, 0.15) is 26.5 Å². The maximum atomic E-state index is 11.6. The summed E-state index contributed by atoms with van der Waals surface area (Å²) in [7, 11) is 1.71. The SMILES string of the molecule is CN=C(NCCNC(=O)OC(C)(C)C)NCc1cc2ccccc2[nH]1. The third-order valence-electron chi connectivity index (χ3n) is 3.34. The summed E-state index contributed by atoms with van der Waals surface area (Å²) in [5.74, 6) is 0.671. The zero-order chi connectivity index (χ0) is 18.3. The molecule has 1 aromatic carbocycles. The molecule has 0 spiro atoms. The van der Waals surface area contributed by atoms with E-state index in [1.807, 2.05) is 39.0 Å². The highest BCUT2D eigenvalue weighted by Gasteiger charge is 2.15. The molecule has 0 saturated heterocycles. The number of nitrogens with one attached hydrogen (secondary N) is 4. The molecular formula is C18H27N5O2. The molecule has 0 aliphatic carbocycles. The number of guanidine groups is 1. The first kappa shape index (κ1) is 18.6. The quantitative estimate of drug-likeness (QED) is 0.380. The number of aromatic amines is 1. The Morgan fingerprint density at radius 2 is 1.88 bits per heavy atom. The molecule has 2 aromatic rings. The Hall–Kier alpha value is -2.70. The van der Waals surface area contributed by atoms with Crippen LogP contribution in [0.3, 0.4) is 0 Å². The Kier molecular flexibility index (Phi) is 6.27. The van der Waals surface area contributed by atoms with Crippen LogP contribution in [0.15, 0.2) is 35.3 Å². The van der Waals surface area contributed by atoms with Gasteiger partial charge in [0.25, 0.3) is 0 Å². The van der Waals surface area contributed by atoms with Crippen LogP contribution in [0.4, 0.5) is 4.79 Å². The molecule has 1 heterocycles. The number of fused-ring (bicyclic) bond motifs is 1. The number of rotatable bonds is 5. The molecule has 0 radical (unpaired) electrons. The van der Waals surface area contributed by atoms with E-state index in [0.29, 0.717) is 25.6 Å². The van der Waals surface area contributed by atoms with E-state index < -0.39 is 11.7 Å². The van der Waals surface area contributed by atoms with Gasteiger partial charge in [-0.05, 0) is 38.3 Å². The summed E-state index contributed by atoms with van der Waals surface area (Å²) in [5.41, 5.74) is 1.70. The number of ether oxygens (including phenoxy) is 1. The van der Waals surface area contributed by atoms with E-state index in [0.717, 1.165) is 11.2 Å². The Bertz CT molecular complexity index is 697. The van der Waals surface area contributed by atoms with Crippen molar-refractivity contribution in [1.29, 1.82) is 0 Å². The van der Waals surface area contributed by atoms with E-state index in [-0.39, 0.29) is 0 Å².